The number of nitrogens with zero attached hydrogens (tertiary/aromatic N) is 1. The molecule has 0 radical (unpaired) electrons. The highest BCUT2D eigenvalue weighted by Gasteiger charge is 2.53. The first kappa shape index (κ1) is 28.6. The molecule has 0 saturated carbocycles. The summed E-state index contributed by atoms with van der Waals surface area (Å²) in [6.45, 7) is 0. The van der Waals surface area contributed by atoms with E-state index in [9.17, 15) is 0 Å². The summed E-state index contributed by atoms with van der Waals surface area (Å²) in [5, 5.41) is 2.67. The second-order valence-corrected chi connectivity index (χ2v) is 14.7. The molecule has 1 aromatic heterocycles. The standard InChI is InChI=1S/C49H31NS/c1-4-16-32(17-5-1)46-47-38-29-28-35(50(33-18-6-2-7-19-33)34-20-8-3-9-21-34)30-42(38)49(40-25-13-10-22-36(40)37-23-11-14-26-41(37)49)43(47)31-45-48(46)39-24-12-15-27-44(39)51-45/h1-31H. The molecule has 0 aliphatic heterocycles. The summed E-state index contributed by atoms with van der Waals surface area (Å²) in [6, 6.07) is 69.6. The molecule has 238 valence electrons. The summed E-state index contributed by atoms with van der Waals surface area (Å²) in [4.78, 5) is 2.40. The molecule has 0 bridgehead atoms. The van der Waals surface area contributed by atoms with Gasteiger partial charge in [0, 0.05) is 37.2 Å². The predicted octanol–water partition coefficient (Wildman–Crippen LogP) is 13.5. The van der Waals surface area contributed by atoms with Crippen molar-refractivity contribution in [3.8, 4) is 33.4 Å². The minimum atomic E-state index is -0.485. The zero-order valence-corrected chi connectivity index (χ0v) is 28.6. The average molecular weight is 666 g/mol. The van der Waals surface area contributed by atoms with Gasteiger partial charge in [-0.15, -0.1) is 11.3 Å². The zero-order chi connectivity index (χ0) is 33.5. The largest absolute Gasteiger partial charge is 0.310 e. The van der Waals surface area contributed by atoms with Gasteiger partial charge in [-0.2, -0.15) is 0 Å². The lowest BCUT2D eigenvalue weighted by Crippen LogP contribution is -2.26. The second-order valence-electron chi connectivity index (χ2n) is 13.6. The van der Waals surface area contributed by atoms with Crippen LogP contribution in [0.1, 0.15) is 22.3 Å². The van der Waals surface area contributed by atoms with E-state index in [0.717, 1.165) is 17.1 Å². The van der Waals surface area contributed by atoms with Crippen LogP contribution in [0.25, 0.3) is 53.6 Å². The normalized spacial score (nSPS) is 13.3. The highest BCUT2D eigenvalue weighted by molar-refractivity contribution is 7.26. The lowest BCUT2D eigenvalue weighted by Gasteiger charge is -2.32. The Morgan fingerprint density at radius 3 is 1.61 bits per heavy atom. The van der Waals surface area contributed by atoms with Crippen LogP contribution in [-0.2, 0) is 5.41 Å². The lowest BCUT2D eigenvalue weighted by atomic mass is 9.70. The number of benzene rings is 8. The highest BCUT2D eigenvalue weighted by Crippen LogP contribution is 2.66. The SMILES string of the molecule is c1ccc(-c2c3c(cc4sc5ccccc5c24)C2(c4ccccc4-c4ccccc42)c2cc(N(c4ccccc4)c4ccccc4)ccc2-3)cc1. The number of rotatable bonds is 4. The monoisotopic (exact) mass is 665 g/mol. The van der Waals surface area contributed by atoms with Gasteiger partial charge in [-0.25, -0.2) is 0 Å². The zero-order valence-electron chi connectivity index (χ0n) is 27.8. The maximum absolute atomic E-state index is 2.55. The number of anilines is 3. The molecule has 0 N–H and O–H groups in total. The van der Waals surface area contributed by atoms with Crippen LogP contribution < -0.4 is 4.90 Å². The molecule has 0 saturated heterocycles. The molecule has 1 spiro atoms. The Hall–Kier alpha value is -6.22. The van der Waals surface area contributed by atoms with Crippen LogP contribution >= 0.6 is 11.3 Å². The third-order valence-corrected chi connectivity index (χ3v) is 12.2. The molecular formula is C49H31NS. The maximum Gasteiger partial charge on any atom is 0.0727 e. The van der Waals surface area contributed by atoms with E-state index in [-0.39, 0.29) is 0 Å². The Kier molecular flexibility index (Phi) is 6.11. The Bertz CT molecular complexity index is 2710. The first-order chi connectivity index (χ1) is 25.3. The first-order valence-electron chi connectivity index (χ1n) is 17.6. The van der Waals surface area contributed by atoms with Gasteiger partial charge >= 0.3 is 0 Å². The number of hydrogen-bond donors (Lipinski definition) is 0. The highest BCUT2D eigenvalue weighted by atomic mass is 32.1. The molecule has 1 heterocycles. The number of fused-ring (bicyclic) bond motifs is 13. The Morgan fingerprint density at radius 1 is 0.373 bits per heavy atom. The van der Waals surface area contributed by atoms with Crippen molar-refractivity contribution in [1.29, 1.82) is 0 Å². The Labute approximate surface area is 301 Å². The molecular weight excluding hydrogens is 635 g/mol. The molecule has 0 unspecified atom stereocenters. The quantitative estimate of drug-likeness (QED) is 0.181. The summed E-state index contributed by atoms with van der Waals surface area (Å²) >= 11 is 1.91. The van der Waals surface area contributed by atoms with Gasteiger partial charge in [-0.3, -0.25) is 0 Å². The van der Waals surface area contributed by atoms with Crippen LogP contribution in [0.4, 0.5) is 17.1 Å². The summed E-state index contributed by atoms with van der Waals surface area (Å²) in [5.74, 6) is 0. The van der Waals surface area contributed by atoms with Crippen molar-refractivity contribution in [2.45, 2.75) is 5.41 Å². The van der Waals surface area contributed by atoms with E-state index < -0.39 is 5.41 Å². The summed E-state index contributed by atoms with van der Waals surface area (Å²) in [6.07, 6.45) is 0. The van der Waals surface area contributed by atoms with E-state index in [1.54, 1.807) is 0 Å². The summed E-state index contributed by atoms with van der Waals surface area (Å²) in [5.41, 5.74) is 16.2. The van der Waals surface area contributed by atoms with E-state index >= 15 is 0 Å². The van der Waals surface area contributed by atoms with Crippen molar-refractivity contribution in [2.24, 2.45) is 0 Å². The van der Waals surface area contributed by atoms with Crippen LogP contribution in [0.2, 0.25) is 0 Å². The van der Waals surface area contributed by atoms with Gasteiger partial charge in [0.1, 0.15) is 0 Å². The third kappa shape index (κ3) is 3.91. The summed E-state index contributed by atoms with van der Waals surface area (Å²) in [7, 11) is 0. The average Bonchev–Trinajstić information content (AvgIpc) is 3.82. The van der Waals surface area contributed by atoms with Gasteiger partial charge in [0.15, 0.2) is 0 Å². The third-order valence-electron chi connectivity index (χ3n) is 11.0. The minimum absolute atomic E-state index is 0.485. The fraction of sp³-hybridized carbons (Fsp3) is 0.0204. The van der Waals surface area contributed by atoms with Crippen molar-refractivity contribution in [3.63, 3.8) is 0 Å². The molecule has 8 aromatic carbocycles. The molecule has 0 atom stereocenters. The minimum Gasteiger partial charge on any atom is -0.310 e. The van der Waals surface area contributed by atoms with Crippen LogP contribution in [0.5, 0.6) is 0 Å². The van der Waals surface area contributed by atoms with Gasteiger partial charge in [0.25, 0.3) is 0 Å². The fourth-order valence-electron chi connectivity index (χ4n) is 9.12. The lowest BCUT2D eigenvalue weighted by molar-refractivity contribution is 0.795. The van der Waals surface area contributed by atoms with E-state index in [4.69, 9.17) is 0 Å². The van der Waals surface area contributed by atoms with E-state index in [2.05, 4.69) is 193 Å². The van der Waals surface area contributed by atoms with Gasteiger partial charge in [-0.05, 0) is 104 Å². The van der Waals surface area contributed by atoms with Crippen LogP contribution in [0, 0.1) is 0 Å². The van der Waals surface area contributed by atoms with Gasteiger partial charge in [0.2, 0.25) is 0 Å². The molecule has 11 rings (SSSR count). The van der Waals surface area contributed by atoms with Crippen molar-refractivity contribution < 1.29 is 0 Å². The van der Waals surface area contributed by atoms with Crippen LogP contribution in [-0.4, -0.2) is 0 Å². The predicted molar refractivity (Wildman–Crippen MR) is 216 cm³/mol. The van der Waals surface area contributed by atoms with Crippen molar-refractivity contribution in [2.75, 3.05) is 4.90 Å². The molecule has 2 heteroatoms. The molecule has 2 aliphatic carbocycles. The van der Waals surface area contributed by atoms with Crippen molar-refractivity contribution >= 4 is 48.6 Å². The number of para-hydroxylation sites is 2. The van der Waals surface area contributed by atoms with Crippen molar-refractivity contribution in [3.05, 3.63) is 210 Å². The topological polar surface area (TPSA) is 3.24 Å². The summed E-state index contributed by atoms with van der Waals surface area (Å²) < 4.78 is 2.66. The maximum atomic E-state index is 2.55. The second kappa shape index (κ2) is 10.9. The molecule has 0 fully saturated rings. The van der Waals surface area contributed by atoms with E-state index in [1.165, 1.54) is 75.8 Å². The van der Waals surface area contributed by atoms with Gasteiger partial charge in [-0.1, -0.05) is 140 Å². The molecule has 2 aliphatic rings. The molecule has 1 nitrogen and oxygen atoms in total. The van der Waals surface area contributed by atoms with E-state index in [0.29, 0.717) is 0 Å². The van der Waals surface area contributed by atoms with Crippen LogP contribution in [0.3, 0.4) is 0 Å². The Morgan fingerprint density at radius 2 is 0.941 bits per heavy atom. The van der Waals surface area contributed by atoms with Crippen LogP contribution in [0.15, 0.2) is 188 Å². The first-order valence-corrected chi connectivity index (χ1v) is 18.4. The molecule has 51 heavy (non-hydrogen) atoms. The number of thiophene rings is 1. The Balaban J connectivity index is 1.32. The van der Waals surface area contributed by atoms with Crippen molar-refractivity contribution in [1.82, 2.24) is 0 Å². The van der Waals surface area contributed by atoms with Gasteiger partial charge < -0.3 is 4.90 Å². The van der Waals surface area contributed by atoms with Gasteiger partial charge in [0.05, 0.1) is 5.41 Å². The number of hydrogen-bond acceptors (Lipinski definition) is 2. The molecule has 9 aromatic rings. The smallest absolute Gasteiger partial charge is 0.0727 e. The van der Waals surface area contributed by atoms with E-state index in [1.807, 2.05) is 11.3 Å². The fourth-order valence-corrected chi connectivity index (χ4v) is 10.3. The molecule has 0 amide bonds.